The number of aliphatic hydroxyl groups is 1. The van der Waals surface area contributed by atoms with Crippen molar-refractivity contribution in [3.05, 3.63) is 29.3 Å². The summed E-state index contributed by atoms with van der Waals surface area (Å²) in [7, 11) is 0. The van der Waals surface area contributed by atoms with Crippen molar-refractivity contribution >= 4 is 0 Å². The van der Waals surface area contributed by atoms with E-state index in [0.29, 0.717) is 25.1 Å². The number of aryl methyl sites for hydroxylation is 1. The monoisotopic (exact) mass is 305 g/mol. The van der Waals surface area contributed by atoms with Gasteiger partial charge in [0.15, 0.2) is 0 Å². The van der Waals surface area contributed by atoms with Crippen molar-refractivity contribution < 1.29 is 9.84 Å². The van der Waals surface area contributed by atoms with E-state index in [1.54, 1.807) is 0 Å². The zero-order valence-corrected chi connectivity index (χ0v) is 14.5. The van der Waals surface area contributed by atoms with Gasteiger partial charge in [-0.1, -0.05) is 26.3 Å². The maximum absolute atomic E-state index is 10.2. The van der Waals surface area contributed by atoms with Crippen LogP contribution in [0.15, 0.2) is 18.2 Å². The number of piperidine rings is 1. The minimum atomic E-state index is -0.425. The first-order valence-electron chi connectivity index (χ1n) is 8.63. The zero-order valence-electron chi connectivity index (χ0n) is 14.5. The van der Waals surface area contributed by atoms with Crippen molar-refractivity contribution in [2.24, 2.45) is 0 Å². The number of hydrogen-bond acceptors (Lipinski definition) is 3. The number of ether oxygens (including phenoxy) is 1. The Morgan fingerprint density at radius 1 is 1.32 bits per heavy atom. The standard InChI is InChI=1S/C19H31NO2/c1-14(2)19-9-8-18(11-15(19)3)22-13-17(21)12-20-10-6-5-7-16(20)4/h8-9,11,14,16-17,21H,5-7,10,12-13H2,1-4H3/t16-,17+/m0/s1. The second kappa shape index (κ2) is 7.98. The third-order valence-electron chi connectivity index (χ3n) is 4.69. The first-order valence-corrected chi connectivity index (χ1v) is 8.63. The molecule has 22 heavy (non-hydrogen) atoms. The van der Waals surface area contributed by atoms with E-state index < -0.39 is 6.10 Å². The highest BCUT2D eigenvalue weighted by Gasteiger charge is 2.21. The predicted molar refractivity (Wildman–Crippen MR) is 91.7 cm³/mol. The molecule has 0 amide bonds. The van der Waals surface area contributed by atoms with Gasteiger partial charge in [-0.15, -0.1) is 0 Å². The van der Waals surface area contributed by atoms with Crippen LogP contribution < -0.4 is 4.74 Å². The Morgan fingerprint density at radius 2 is 2.09 bits per heavy atom. The maximum atomic E-state index is 10.2. The fraction of sp³-hybridized carbons (Fsp3) is 0.684. The average Bonchev–Trinajstić information content (AvgIpc) is 2.47. The number of nitrogens with zero attached hydrogens (tertiary/aromatic N) is 1. The first-order chi connectivity index (χ1) is 10.5. The van der Waals surface area contributed by atoms with Gasteiger partial charge >= 0.3 is 0 Å². The minimum absolute atomic E-state index is 0.365. The highest BCUT2D eigenvalue weighted by molar-refractivity contribution is 5.36. The molecule has 0 aromatic heterocycles. The number of hydrogen-bond donors (Lipinski definition) is 1. The molecule has 2 rings (SSSR count). The molecule has 0 spiro atoms. The zero-order chi connectivity index (χ0) is 16.1. The van der Waals surface area contributed by atoms with Gasteiger partial charge in [0, 0.05) is 12.6 Å². The number of likely N-dealkylation sites (tertiary alicyclic amines) is 1. The van der Waals surface area contributed by atoms with Gasteiger partial charge in [-0.25, -0.2) is 0 Å². The molecule has 0 unspecified atom stereocenters. The van der Waals surface area contributed by atoms with Crippen LogP contribution in [-0.2, 0) is 0 Å². The van der Waals surface area contributed by atoms with Crippen LogP contribution in [0.2, 0.25) is 0 Å². The molecule has 1 aromatic rings. The molecule has 3 nitrogen and oxygen atoms in total. The van der Waals surface area contributed by atoms with Crippen LogP contribution in [0.5, 0.6) is 5.75 Å². The van der Waals surface area contributed by atoms with Crippen LogP contribution in [0.4, 0.5) is 0 Å². The molecule has 1 N–H and O–H groups in total. The maximum Gasteiger partial charge on any atom is 0.119 e. The number of aliphatic hydroxyl groups excluding tert-OH is 1. The van der Waals surface area contributed by atoms with Crippen molar-refractivity contribution in [3.8, 4) is 5.75 Å². The summed E-state index contributed by atoms with van der Waals surface area (Å²) in [5, 5.41) is 10.2. The van der Waals surface area contributed by atoms with Crippen molar-refractivity contribution in [3.63, 3.8) is 0 Å². The summed E-state index contributed by atoms with van der Waals surface area (Å²) in [4.78, 5) is 2.38. The third-order valence-corrected chi connectivity index (χ3v) is 4.69. The highest BCUT2D eigenvalue weighted by Crippen LogP contribution is 2.23. The lowest BCUT2D eigenvalue weighted by Crippen LogP contribution is -2.43. The van der Waals surface area contributed by atoms with Crippen molar-refractivity contribution in [2.75, 3.05) is 19.7 Å². The van der Waals surface area contributed by atoms with E-state index >= 15 is 0 Å². The molecule has 1 aliphatic rings. The largest absolute Gasteiger partial charge is 0.491 e. The summed E-state index contributed by atoms with van der Waals surface area (Å²) in [6.45, 7) is 10.9. The van der Waals surface area contributed by atoms with E-state index in [2.05, 4.69) is 44.7 Å². The van der Waals surface area contributed by atoms with Gasteiger partial charge < -0.3 is 9.84 Å². The Hall–Kier alpha value is -1.06. The van der Waals surface area contributed by atoms with Crippen molar-refractivity contribution in [2.45, 2.75) is 65.0 Å². The number of β-amino-alcohol motifs (C(OH)–C–C–N with tert-alkyl or cyclic N) is 1. The summed E-state index contributed by atoms with van der Waals surface area (Å²) in [5.41, 5.74) is 2.61. The molecular formula is C19H31NO2. The van der Waals surface area contributed by atoms with Crippen LogP contribution in [-0.4, -0.2) is 41.8 Å². The molecule has 2 atom stereocenters. The van der Waals surface area contributed by atoms with Crippen molar-refractivity contribution in [1.82, 2.24) is 4.90 Å². The molecule has 1 aromatic carbocycles. The first kappa shape index (κ1) is 17.3. The Kier molecular flexibility index (Phi) is 6.27. The Morgan fingerprint density at radius 3 is 2.73 bits per heavy atom. The molecule has 0 aliphatic carbocycles. The van der Waals surface area contributed by atoms with Crippen LogP contribution in [0.1, 0.15) is 57.1 Å². The summed E-state index contributed by atoms with van der Waals surface area (Å²) >= 11 is 0. The van der Waals surface area contributed by atoms with Gasteiger partial charge in [0.05, 0.1) is 0 Å². The second-order valence-electron chi connectivity index (χ2n) is 6.98. The third kappa shape index (κ3) is 4.72. The summed E-state index contributed by atoms with van der Waals surface area (Å²) in [5.74, 6) is 1.38. The van der Waals surface area contributed by atoms with E-state index in [0.717, 1.165) is 12.3 Å². The SMILES string of the molecule is Cc1cc(OC[C@H](O)CN2CCCC[C@@H]2C)ccc1C(C)C. The molecule has 0 bridgehead atoms. The van der Waals surface area contributed by atoms with E-state index in [1.165, 1.54) is 30.4 Å². The fourth-order valence-corrected chi connectivity index (χ4v) is 3.33. The van der Waals surface area contributed by atoms with Crippen LogP contribution >= 0.6 is 0 Å². The molecule has 1 heterocycles. The highest BCUT2D eigenvalue weighted by atomic mass is 16.5. The van der Waals surface area contributed by atoms with Gasteiger partial charge in [0.25, 0.3) is 0 Å². The second-order valence-corrected chi connectivity index (χ2v) is 6.98. The van der Waals surface area contributed by atoms with Gasteiger partial charge in [-0.2, -0.15) is 0 Å². The van der Waals surface area contributed by atoms with Gasteiger partial charge in [0.1, 0.15) is 18.5 Å². The number of rotatable bonds is 6. The molecule has 0 saturated carbocycles. The predicted octanol–water partition coefficient (Wildman–Crippen LogP) is 3.73. The molecule has 1 fully saturated rings. The van der Waals surface area contributed by atoms with Crippen LogP contribution in [0, 0.1) is 6.92 Å². The molecule has 3 heteroatoms. The van der Waals surface area contributed by atoms with Gasteiger partial charge in [-0.05, 0) is 62.4 Å². The fourth-order valence-electron chi connectivity index (χ4n) is 3.33. The van der Waals surface area contributed by atoms with E-state index in [9.17, 15) is 5.11 Å². The topological polar surface area (TPSA) is 32.7 Å². The van der Waals surface area contributed by atoms with E-state index in [4.69, 9.17) is 4.74 Å². The Labute approximate surface area is 135 Å². The Bertz CT molecular complexity index is 473. The summed E-state index contributed by atoms with van der Waals surface area (Å²) < 4.78 is 5.78. The van der Waals surface area contributed by atoms with Crippen molar-refractivity contribution in [1.29, 1.82) is 0 Å². The lowest BCUT2D eigenvalue weighted by atomic mass is 9.98. The number of benzene rings is 1. The molecular weight excluding hydrogens is 274 g/mol. The normalized spacial score (nSPS) is 21.1. The van der Waals surface area contributed by atoms with E-state index in [-0.39, 0.29) is 0 Å². The molecule has 1 aliphatic heterocycles. The molecule has 124 valence electrons. The van der Waals surface area contributed by atoms with Crippen LogP contribution in [0.3, 0.4) is 0 Å². The molecule has 1 saturated heterocycles. The summed E-state index contributed by atoms with van der Waals surface area (Å²) in [6, 6.07) is 6.80. The smallest absolute Gasteiger partial charge is 0.119 e. The van der Waals surface area contributed by atoms with Gasteiger partial charge in [0.2, 0.25) is 0 Å². The quantitative estimate of drug-likeness (QED) is 0.869. The summed E-state index contributed by atoms with van der Waals surface area (Å²) in [6.07, 6.45) is 3.37. The van der Waals surface area contributed by atoms with E-state index in [1.807, 2.05) is 6.07 Å². The molecule has 0 radical (unpaired) electrons. The average molecular weight is 305 g/mol. The lowest BCUT2D eigenvalue weighted by molar-refractivity contribution is 0.0437. The minimum Gasteiger partial charge on any atom is -0.491 e. The Balaban J connectivity index is 1.83. The van der Waals surface area contributed by atoms with Crippen LogP contribution in [0.25, 0.3) is 0 Å². The van der Waals surface area contributed by atoms with Gasteiger partial charge in [-0.3, -0.25) is 4.90 Å². The lowest BCUT2D eigenvalue weighted by Gasteiger charge is -2.34.